The van der Waals surface area contributed by atoms with Gasteiger partial charge in [-0.2, -0.15) is 0 Å². The molecule has 0 heterocycles. The average molecular weight is 255 g/mol. The minimum absolute atomic E-state index is 0. The van der Waals surface area contributed by atoms with Crippen molar-refractivity contribution in [3.05, 3.63) is 47.5 Å². The van der Waals surface area contributed by atoms with Gasteiger partial charge in [0.15, 0.2) is 0 Å². The molecule has 17 heavy (non-hydrogen) atoms. The summed E-state index contributed by atoms with van der Waals surface area (Å²) >= 11 is 0. The largest absolute Gasteiger partial charge is 0.478 e. The Hall–Kier alpha value is -0.724. The van der Waals surface area contributed by atoms with Crippen molar-refractivity contribution in [2.75, 3.05) is 0 Å². The van der Waals surface area contributed by atoms with Crippen LogP contribution in [0.3, 0.4) is 0 Å². The summed E-state index contributed by atoms with van der Waals surface area (Å²) in [4.78, 5) is 21.5. The van der Waals surface area contributed by atoms with E-state index in [1.807, 2.05) is 0 Å². The summed E-state index contributed by atoms with van der Waals surface area (Å²) in [6.45, 7) is 0. The molecule has 0 saturated carbocycles. The first-order chi connectivity index (χ1) is 7.58. The Bertz CT molecular complexity index is 539. The van der Waals surface area contributed by atoms with Crippen molar-refractivity contribution < 1.29 is 19.8 Å². The maximum absolute atomic E-state index is 10.7. The van der Waals surface area contributed by atoms with Crippen LogP contribution in [0.15, 0.2) is 36.4 Å². The molecule has 0 aromatic heterocycles. The molecule has 0 unspecified atom stereocenters. The first kappa shape index (κ1) is 14.3. The third kappa shape index (κ3) is 3.14. The molecule has 2 rings (SSSR count). The predicted molar refractivity (Wildman–Crippen MR) is 63.6 cm³/mol. The smallest absolute Gasteiger partial charge is 0.335 e. The summed E-state index contributed by atoms with van der Waals surface area (Å²) in [5, 5.41) is 19.0. The fraction of sp³-hybridized carbons (Fsp3) is 0. The van der Waals surface area contributed by atoms with Crippen LogP contribution in [0.1, 0.15) is 20.7 Å². The van der Waals surface area contributed by atoms with Crippen LogP contribution in [0.2, 0.25) is 0 Å². The minimum Gasteiger partial charge on any atom is -0.478 e. The summed E-state index contributed by atoms with van der Waals surface area (Å²) in [7, 11) is 0. The SMILES string of the molecule is O=C(O)c1ccc2cc(C(=O)O)ccc2c1.[K]. The van der Waals surface area contributed by atoms with Gasteiger partial charge in [-0.05, 0) is 35.0 Å². The van der Waals surface area contributed by atoms with Gasteiger partial charge in [0.1, 0.15) is 0 Å². The van der Waals surface area contributed by atoms with Gasteiger partial charge >= 0.3 is 11.9 Å². The molecule has 0 saturated heterocycles. The second-order valence-electron chi connectivity index (χ2n) is 3.39. The molecule has 2 aromatic rings. The molecule has 0 aliphatic carbocycles. The Kier molecular flexibility index (Phi) is 4.85. The number of hydrogen-bond donors (Lipinski definition) is 2. The van der Waals surface area contributed by atoms with E-state index < -0.39 is 11.9 Å². The molecule has 0 fully saturated rings. The van der Waals surface area contributed by atoms with Gasteiger partial charge in [-0.25, -0.2) is 9.59 Å². The van der Waals surface area contributed by atoms with Gasteiger partial charge in [-0.1, -0.05) is 12.1 Å². The maximum atomic E-state index is 10.7. The molecule has 2 aromatic carbocycles. The summed E-state index contributed by atoms with van der Waals surface area (Å²) in [5.74, 6) is -1.99. The van der Waals surface area contributed by atoms with Crippen molar-refractivity contribution in [3.8, 4) is 0 Å². The van der Waals surface area contributed by atoms with E-state index >= 15 is 0 Å². The quantitative estimate of drug-likeness (QED) is 0.803. The van der Waals surface area contributed by atoms with Crippen LogP contribution in [0, 0.1) is 0 Å². The van der Waals surface area contributed by atoms with Crippen molar-refractivity contribution in [1.29, 1.82) is 0 Å². The molecule has 1 radical (unpaired) electrons. The molecule has 0 aliphatic rings. The summed E-state index contributed by atoms with van der Waals surface area (Å²) in [6, 6.07) is 9.15. The number of hydrogen-bond acceptors (Lipinski definition) is 2. The van der Waals surface area contributed by atoms with Crippen molar-refractivity contribution in [2.45, 2.75) is 0 Å². The van der Waals surface area contributed by atoms with Crippen LogP contribution in [0.25, 0.3) is 10.8 Å². The fourth-order valence-electron chi connectivity index (χ4n) is 1.51. The molecule has 5 heteroatoms. The van der Waals surface area contributed by atoms with Gasteiger partial charge in [0.2, 0.25) is 0 Å². The van der Waals surface area contributed by atoms with Gasteiger partial charge in [0.05, 0.1) is 11.1 Å². The van der Waals surface area contributed by atoms with Crippen LogP contribution in [-0.2, 0) is 0 Å². The van der Waals surface area contributed by atoms with E-state index in [4.69, 9.17) is 10.2 Å². The molecule has 81 valence electrons. The van der Waals surface area contributed by atoms with Crippen LogP contribution >= 0.6 is 0 Å². The van der Waals surface area contributed by atoms with Gasteiger partial charge < -0.3 is 10.2 Å². The zero-order valence-corrected chi connectivity index (χ0v) is 12.3. The number of carboxylic acids is 2. The molecule has 0 amide bonds. The predicted octanol–water partition coefficient (Wildman–Crippen LogP) is 1.86. The summed E-state index contributed by atoms with van der Waals surface area (Å²) in [6.07, 6.45) is 0. The third-order valence-electron chi connectivity index (χ3n) is 2.33. The molecule has 4 nitrogen and oxygen atoms in total. The number of carbonyl (C=O) groups is 2. The average Bonchev–Trinajstić information content (AvgIpc) is 2.27. The van der Waals surface area contributed by atoms with Crippen molar-refractivity contribution >= 4 is 74.1 Å². The second-order valence-corrected chi connectivity index (χ2v) is 3.39. The summed E-state index contributed by atoms with van der Waals surface area (Å²) < 4.78 is 0. The van der Waals surface area contributed by atoms with E-state index in [1.165, 1.54) is 24.3 Å². The first-order valence-corrected chi connectivity index (χ1v) is 4.58. The number of rotatable bonds is 2. The fourth-order valence-corrected chi connectivity index (χ4v) is 1.51. The Morgan fingerprint density at radius 2 is 1.12 bits per heavy atom. The molecular formula is C12H8KO4. The van der Waals surface area contributed by atoms with Crippen molar-refractivity contribution in [2.24, 2.45) is 0 Å². The van der Waals surface area contributed by atoms with Crippen molar-refractivity contribution in [1.82, 2.24) is 0 Å². The topological polar surface area (TPSA) is 74.6 Å². The maximum Gasteiger partial charge on any atom is 0.335 e. The zero-order chi connectivity index (χ0) is 11.7. The molecule has 0 aliphatic heterocycles. The summed E-state index contributed by atoms with van der Waals surface area (Å²) in [5.41, 5.74) is 0.381. The monoisotopic (exact) mass is 255 g/mol. The van der Waals surface area contributed by atoms with Crippen molar-refractivity contribution in [3.63, 3.8) is 0 Å². The number of aromatic carboxylic acids is 2. The number of benzene rings is 2. The normalized spacial score (nSPS) is 9.65. The van der Waals surface area contributed by atoms with E-state index in [9.17, 15) is 9.59 Å². The van der Waals surface area contributed by atoms with Crippen LogP contribution < -0.4 is 0 Å². The zero-order valence-electron chi connectivity index (χ0n) is 9.18. The van der Waals surface area contributed by atoms with Crippen LogP contribution in [-0.4, -0.2) is 73.5 Å². The minimum atomic E-state index is -0.996. The molecule has 0 spiro atoms. The number of fused-ring (bicyclic) bond motifs is 1. The van der Waals surface area contributed by atoms with Crippen LogP contribution in [0.4, 0.5) is 0 Å². The van der Waals surface area contributed by atoms with E-state index in [0.717, 1.165) is 0 Å². The number of carboxylic acid groups (broad SMARTS) is 2. The molecular weight excluding hydrogens is 247 g/mol. The van der Waals surface area contributed by atoms with E-state index in [0.29, 0.717) is 10.8 Å². The second kappa shape index (κ2) is 5.75. The Morgan fingerprint density at radius 3 is 1.41 bits per heavy atom. The Labute approximate surface area is 140 Å². The first-order valence-electron chi connectivity index (χ1n) is 4.58. The third-order valence-corrected chi connectivity index (χ3v) is 2.33. The molecule has 0 bridgehead atoms. The van der Waals surface area contributed by atoms with Gasteiger partial charge in [-0.3, -0.25) is 0 Å². The molecule has 0 atom stereocenters. The van der Waals surface area contributed by atoms with Crippen LogP contribution in [0.5, 0.6) is 0 Å². The Morgan fingerprint density at radius 1 is 0.765 bits per heavy atom. The van der Waals surface area contributed by atoms with Gasteiger partial charge in [-0.15, -0.1) is 0 Å². The van der Waals surface area contributed by atoms with Gasteiger partial charge in [0, 0.05) is 51.4 Å². The van der Waals surface area contributed by atoms with E-state index in [2.05, 4.69) is 0 Å². The standard InChI is InChI=1S/C12H8O4.K/c13-11(14)9-3-1-7-5-10(12(15)16)4-2-8(7)6-9;/h1-6H,(H,13,14)(H,15,16);. The molecule has 2 N–H and O–H groups in total. The van der Waals surface area contributed by atoms with Gasteiger partial charge in [0.25, 0.3) is 0 Å². The van der Waals surface area contributed by atoms with E-state index in [-0.39, 0.29) is 62.5 Å². The Balaban J connectivity index is 0.00000144. The van der Waals surface area contributed by atoms with E-state index in [1.54, 1.807) is 12.1 Å².